The maximum atomic E-state index is 11.7. The van der Waals surface area contributed by atoms with Gasteiger partial charge in [0.05, 0.1) is 18.9 Å². The number of rotatable bonds is 2. The molecular weight excluding hydrogens is 204 g/mol. The van der Waals surface area contributed by atoms with Crippen LogP contribution in [0.3, 0.4) is 0 Å². The zero-order chi connectivity index (χ0) is 14.0. The highest BCUT2D eigenvalue weighted by Crippen LogP contribution is 2.23. The van der Waals surface area contributed by atoms with Crippen LogP contribution in [0.4, 0.5) is 0 Å². The van der Waals surface area contributed by atoms with Crippen molar-refractivity contribution < 1.29 is 13.6 Å². The van der Waals surface area contributed by atoms with E-state index < -0.39 is 12.9 Å². The molecule has 0 aliphatic rings. The van der Waals surface area contributed by atoms with Crippen LogP contribution >= 0.6 is 0 Å². The first-order valence-corrected chi connectivity index (χ1v) is 4.66. The number of ether oxygens (including phenoxy) is 1. The molecule has 0 bridgehead atoms. The Balaban J connectivity index is 2.48. The molecule has 0 unspecified atom stereocenters. The Hall–Kier alpha value is -2.10. The summed E-state index contributed by atoms with van der Waals surface area (Å²) in [7, 11) is 1.30. The predicted octanol–water partition coefficient (Wildman–Crippen LogP) is 1.87. The third kappa shape index (κ3) is 1.82. The molecule has 0 N–H and O–H groups in total. The number of aromatic nitrogens is 2. The Morgan fingerprint density at radius 3 is 3.00 bits per heavy atom. The monoisotopic (exact) mass is 219 g/mol. The van der Waals surface area contributed by atoms with Gasteiger partial charge in [0.1, 0.15) is 0 Å². The molecule has 0 radical (unpaired) electrons. The summed E-state index contributed by atoms with van der Waals surface area (Å²) >= 11 is 0. The van der Waals surface area contributed by atoms with Crippen molar-refractivity contribution in [2.45, 2.75) is 0 Å². The molecule has 1 aromatic carbocycles. The number of esters is 1. The van der Waals surface area contributed by atoms with E-state index in [9.17, 15) is 4.79 Å². The third-order valence-corrected chi connectivity index (χ3v) is 2.23. The zero-order valence-corrected chi connectivity index (χ0v) is 8.68. The normalized spacial score (nSPS) is 13.7. The summed E-state index contributed by atoms with van der Waals surface area (Å²) in [5.74, 6) is -0.475. The van der Waals surface area contributed by atoms with Crippen molar-refractivity contribution in [2.75, 3.05) is 7.11 Å². The van der Waals surface area contributed by atoms with Gasteiger partial charge in [0.2, 0.25) is 0 Å². The van der Waals surface area contributed by atoms with E-state index in [2.05, 4.69) is 5.10 Å². The summed E-state index contributed by atoms with van der Waals surface area (Å²) in [6.45, 7) is -2.33. The zero-order valence-electron chi connectivity index (χ0n) is 11.7. The van der Waals surface area contributed by atoms with E-state index in [4.69, 9.17) is 8.85 Å². The summed E-state index contributed by atoms with van der Waals surface area (Å²) in [5, 5.41) is 3.79. The summed E-state index contributed by atoms with van der Waals surface area (Å²) < 4.78 is 27.4. The van der Waals surface area contributed by atoms with E-state index in [0.717, 1.165) is 4.68 Å². The summed E-state index contributed by atoms with van der Waals surface area (Å²) in [5.41, 5.74) is 1.51. The molecule has 0 atom stereocenters. The first-order chi connectivity index (χ1) is 8.93. The number of hydrogen-bond donors (Lipinski definition) is 0. The molecule has 4 heteroatoms. The Kier molecular flexibility index (Phi) is 1.89. The Labute approximate surface area is 97.7 Å². The van der Waals surface area contributed by atoms with Crippen molar-refractivity contribution in [3.8, 4) is 11.1 Å². The molecule has 0 aliphatic carbocycles. The highest BCUT2D eigenvalue weighted by Gasteiger charge is 2.13. The van der Waals surface area contributed by atoms with E-state index >= 15 is 0 Å². The third-order valence-electron chi connectivity index (χ3n) is 2.23. The number of carbonyl (C=O) groups is 1. The number of carbonyl (C=O) groups excluding carboxylic acids is 1. The van der Waals surface area contributed by atoms with Crippen LogP contribution in [-0.2, 0) is 11.7 Å². The molecule has 4 nitrogen and oxygen atoms in total. The van der Waals surface area contributed by atoms with Crippen molar-refractivity contribution in [3.63, 3.8) is 0 Å². The number of methoxy groups -OCH3 is 1. The van der Waals surface area contributed by atoms with E-state index in [-0.39, 0.29) is 0 Å². The molecule has 0 amide bonds. The molecule has 16 heavy (non-hydrogen) atoms. The van der Waals surface area contributed by atoms with Crippen molar-refractivity contribution in [1.82, 2.24) is 9.78 Å². The molecule has 0 fully saturated rings. The van der Waals surface area contributed by atoms with Gasteiger partial charge in [-0.1, -0.05) is 18.2 Å². The van der Waals surface area contributed by atoms with Gasteiger partial charge in [-0.2, -0.15) is 5.10 Å². The van der Waals surface area contributed by atoms with Gasteiger partial charge >= 0.3 is 5.97 Å². The SMILES string of the molecule is [2H]C([2H])([2H])n1cc(-c2ccccc2C(=O)OC)cn1. The topological polar surface area (TPSA) is 44.1 Å². The largest absolute Gasteiger partial charge is 0.465 e. The molecule has 0 saturated carbocycles. The summed E-state index contributed by atoms with van der Waals surface area (Å²) in [6, 6.07) is 6.80. The lowest BCUT2D eigenvalue weighted by atomic mass is 10.0. The fraction of sp³-hybridized carbons (Fsp3) is 0.167. The lowest BCUT2D eigenvalue weighted by Crippen LogP contribution is -2.02. The first kappa shape index (κ1) is 7.22. The van der Waals surface area contributed by atoms with E-state index in [1.165, 1.54) is 19.5 Å². The highest BCUT2D eigenvalue weighted by molar-refractivity contribution is 5.97. The molecular formula is C12H12N2O2. The second kappa shape index (κ2) is 4.18. The Bertz CT molecular complexity index is 605. The molecule has 2 rings (SSSR count). The van der Waals surface area contributed by atoms with Crippen molar-refractivity contribution >= 4 is 5.97 Å². The molecule has 1 heterocycles. The molecule has 0 aliphatic heterocycles. The fourth-order valence-corrected chi connectivity index (χ4v) is 1.48. The molecule has 0 spiro atoms. The van der Waals surface area contributed by atoms with E-state index in [0.29, 0.717) is 16.7 Å². The van der Waals surface area contributed by atoms with Gasteiger partial charge in [-0.05, 0) is 11.6 Å². The molecule has 1 aromatic heterocycles. The molecule has 2 aromatic rings. The van der Waals surface area contributed by atoms with E-state index in [1.807, 2.05) is 0 Å². The maximum absolute atomic E-state index is 11.7. The van der Waals surface area contributed by atoms with Crippen molar-refractivity contribution in [2.24, 2.45) is 6.98 Å². The van der Waals surface area contributed by atoms with Gasteiger partial charge < -0.3 is 4.74 Å². The Morgan fingerprint density at radius 1 is 1.50 bits per heavy atom. The van der Waals surface area contributed by atoms with Gasteiger partial charge in [0.15, 0.2) is 0 Å². The molecule has 0 saturated heterocycles. The molecule has 82 valence electrons. The van der Waals surface area contributed by atoms with Crippen LogP contribution in [0.2, 0.25) is 0 Å². The standard InChI is InChI=1S/C12H12N2O2/c1-14-8-9(7-13-14)10-5-3-4-6-11(10)12(15)16-2/h3-8H,1-2H3/i1D3. The fourth-order valence-electron chi connectivity index (χ4n) is 1.48. The van der Waals surface area contributed by atoms with Gasteiger partial charge in [-0.3, -0.25) is 4.68 Å². The van der Waals surface area contributed by atoms with Crippen molar-refractivity contribution in [3.05, 3.63) is 42.2 Å². The number of hydrogen-bond acceptors (Lipinski definition) is 3. The highest BCUT2D eigenvalue weighted by atomic mass is 16.5. The summed E-state index contributed by atoms with van der Waals surface area (Å²) in [4.78, 5) is 11.7. The van der Waals surface area contributed by atoms with Gasteiger partial charge in [0, 0.05) is 22.8 Å². The Morgan fingerprint density at radius 2 is 2.31 bits per heavy atom. The minimum absolute atomic E-state index is 0.370. The van der Waals surface area contributed by atoms with Crippen LogP contribution in [0.1, 0.15) is 14.5 Å². The van der Waals surface area contributed by atoms with Gasteiger partial charge in [-0.15, -0.1) is 0 Å². The number of aryl methyl sites for hydroxylation is 1. The summed E-state index contributed by atoms with van der Waals surface area (Å²) in [6.07, 6.45) is 2.79. The van der Waals surface area contributed by atoms with Gasteiger partial charge in [0.25, 0.3) is 0 Å². The first-order valence-electron chi connectivity index (χ1n) is 6.16. The van der Waals surface area contributed by atoms with Gasteiger partial charge in [-0.25, -0.2) is 4.79 Å². The average molecular weight is 219 g/mol. The van der Waals surface area contributed by atoms with Crippen LogP contribution in [0.5, 0.6) is 0 Å². The second-order valence-electron chi connectivity index (χ2n) is 3.21. The maximum Gasteiger partial charge on any atom is 0.338 e. The number of nitrogens with zero attached hydrogens (tertiary/aromatic N) is 2. The lowest BCUT2D eigenvalue weighted by Gasteiger charge is -2.04. The minimum Gasteiger partial charge on any atom is -0.465 e. The average Bonchev–Trinajstić information content (AvgIpc) is 2.87. The van der Waals surface area contributed by atoms with Crippen LogP contribution in [0.25, 0.3) is 11.1 Å². The van der Waals surface area contributed by atoms with Crippen LogP contribution < -0.4 is 0 Å². The van der Waals surface area contributed by atoms with E-state index in [1.54, 1.807) is 24.3 Å². The lowest BCUT2D eigenvalue weighted by molar-refractivity contribution is 0.0601. The second-order valence-corrected chi connectivity index (χ2v) is 3.21. The minimum atomic E-state index is -2.33. The smallest absolute Gasteiger partial charge is 0.338 e. The van der Waals surface area contributed by atoms with Crippen molar-refractivity contribution in [1.29, 1.82) is 0 Å². The van der Waals surface area contributed by atoms with Crippen LogP contribution in [-0.4, -0.2) is 22.9 Å². The van der Waals surface area contributed by atoms with Crippen LogP contribution in [0, 0.1) is 0 Å². The number of benzene rings is 1. The quantitative estimate of drug-likeness (QED) is 0.724. The predicted molar refractivity (Wildman–Crippen MR) is 60.0 cm³/mol. The van der Waals surface area contributed by atoms with Crippen LogP contribution in [0.15, 0.2) is 36.7 Å².